The lowest BCUT2D eigenvalue weighted by molar-refractivity contribution is 0.111. The maximum Gasteiger partial charge on any atom is 0.231 e. The van der Waals surface area contributed by atoms with Gasteiger partial charge in [-0.2, -0.15) is 0 Å². The van der Waals surface area contributed by atoms with Crippen LogP contribution in [0.1, 0.15) is 10.4 Å². The molecule has 0 unspecified atom stereocenters. The molecule has 0 aliphatic carbocycles. The number of rotatable bonds is 6. The third-order valence-electron chi connectivity index (χ3n) is 2.98. The number of ether oxygens (including phenoxy) is 4. The van der Waals surface area contributed by atoms with E-state index in [0.29, 0.717) is 36.0 Å². The summed E-state index contributed by atoms with van der Waals surface area (Å²) in [5, 5.41) is 0. The van der Waals surface area contributed by atoms with Gasteiger partial charge in [-0.1, -0.05) is 18.2 Å². The first kappa shape index (κ1) is 13.3. The molecule has 0 saturated heterocycles. The van der Waals surface area contributed by atoms with Gasteiger partial charge in [-0.15, -0.1) is 0 Å². The fraction of sp³-hybridized carbons (Fsp3) is 0.188. The highest BCUT2D eigenvalue weighted by atomic mass is 16.7. The van der Waals surface area contributed by atoms with E-state index in [0.717, 1.165) is 12.0 Å². The van der Waals surface area contributed by atoms with Crippen molar-refractivity contribution in [2.45, 2.75) is 0 Å². The lowest BCUT2D eigenvalue weighted by atomic mass is 10.2. The molecule has 0 fully saturated rings. The van der Waals surface area contributed by atoms with Gasteiger partial charge in [0.25, 0.3) is 0 Å². The Morgan fingerprint density at radius 3 is 2.48 bits per heavy atom. The Morgan fingerprint density at radius 1 is 1.00 bits per heavy atom. The van der Waals surface area contributed by atoms with E-state index >= 15 is 0 Å². The molecule has 1 aliphatic heterocycles. The number of hydrogen-bond acceptors (Lipinski definition) is 5. The summed E-state index contributed by atoms with van der Waals surface area (Å²) in [7, 11) is 0. The standard InChI is InChI=1S/C16H14O5/c17-10-12-8-15-16(21-11-20-15)9-14(12)19-7-6-18-13-4-2-1-3-5-13/h1-5,8-10H,6-7,11H2. The first-order valence-electron chi connectivity index (χ1n) is 6.56. The summed E-state index contributed by atoms with van der Waals surface area (Å²) in [4.78, 5) is 11.1. The first-order chi connectivity index (χ1) is 10.4. The monoisotopic (exact) mass is 286 g/mol. The zero-order valence-electron chi connectivity index (χ0n) is 11.3. The third kappa shape index (κ3) is 3.08. The van der Waals surface area contributed by atoms with Crippen LogP contribution in [0.5, 0.6) is 23.0 Å². The molecule has 0 atom stereocenters. The van der Waals surface area contributed by atoms with Crippen molar-refractivity contribution in [3.8, 4) is 23.0 Å². The van der Waals surface area contributed by atoms with Crippen LogP contribution in [0.15, 0.2) is 42.5 Å². The number of aldehydes is 1. The van der Waals surface area contributed by atoms with Crippen LogP contribution in [0.3, 0.4) is 0 Å². The summed E-state index contributed by atoms with van der Waals surface area (Å²) < 4.78 is 21.6. The molecule has 0 bridgehead atoms. The number of carbonyl (C=O) groups excluding carboxylic acids is 1. The third-order valence-corrected chi connectivity index (χ3v) is 2.98. The average molecular weight is 286 g/mol. The van der Waals surface area contributed by atoms with Crippen LogP contribution in [-0.2, 0) is 0 Å². The smallest absolute Gasteiger partial charge is 0.231 e. The second kappa shape index (κ2) is 6.17. The van der Waals surface area contributed by atoms with Crippen molar-refractivity contribution in [1.82, 2.24) is 0 Å². The number of carbonyl (C=O) groups is 1. The average Bonchev–Trinajstić information content (AvgIpc) is 2.99. The topological polar surface area (TPSA) is 54.0 Å². The highest BCUT2D eigenvalue weighted by molar-refractivity contribution is 5.81. The molecule has 0 radical (unpaired) electrons. The van der Waals surface area contributed by atoms with Gasteiger partial charge in [0.2, 0.25) is 6.79 Å². The van der Waals surface area contributed by atoms with Crippen LogP contribution < -0.4 is 18.9 Å². The summed E-state index contributed by atoms with van der Waals surface area (Å²) in [5.41, 5.74) is 0.430. The van der Waals surface area contributed by atoms with Crippen LogP contribution in [0.4, 0.5) is 0 Å². The number of fused-ring (bicyclic) bond motifs is 1. The zero-order valence-corrected chi connectivity index (χ0v) is 11.3. The fourth-order valence-corrected chi connectivity index (χ4v) is 1.98. The summed E-state index contributed by atoms with van der Waals surface area (Å²) >= 11 is 0. The SMILES string of the molecule is O=Cc1cc2c(cc1OCCOc1ccccc1)OCO2. The second-order valence-corrected chi connectivity index (χ2v) is 4.37. The molecule has 5 nitrogen and oxygen atoms in total. The van der Waals surface area contributed by atoms with E-state index in [-0.39, 0.29) is 6.79 Å². The highest BCUT2D eigenvalue weighted by Gasteiger charge is 2.17. The Kier molecular flexibility index (Phi) is 3.91. The van der Waals surface area contributed by atoms with Crippen LogP contribution in [0, 0.1) is 0 Å². The molecule has 3 rings (SSSR count). The molecule has 0 spiro atoms. The van der Waals surface area contributed by atoms with Crippen molar-refractivity contribution < 1.29 is 23.7 Å². The molecular weight excluding hydrogens is 272 g/mol. The Hall–Kier alpha value is -2.69. The molecule has 5 heteroatoms. The summed E-state index contributed by atoms with van der Waals surface area (Å²) in [6.45, 7) is 0.875. The van der Waals surface area contributed by atoms with Gasteiger partial charge in [0.1, 0.15) is 24.7 Å². The molecule has 0 aromatic heterocycles. The van der Waals surface area contributed by atoms with E-state index in [1.165, 1.54) is 0 Å². The van der Waals surface area contributed by atoms with Crippen molar-refractivity contribution in [3.05, 3.63) is 48.0 Å². The van der Waals surface area contributed by atoms with Crippen LogP contribution in [0.25, 0.3) is 0 Å². The van der Waals surface area contributed by atoms with Gasteiger partial charge in [0.15, 0.2) is 17.8 Å². The molecule has 0 N–H and O–H groups in total. The van der Waals surface area contributed by atoms with Gasteiger partial charge in [0, 0.05) is 6.07 Å². The Balaban J connectivity index is 1.59. The molecular formula is C16H14O5. The molecule has 2 aromatic carbocycles. The van der Waals surface area contributed by atoms with Crippen molar-refractivity contribution >= 4 is 6.29 Å². The minimum atomic E-state index is 0.161. The summed E-state index contributed by atoms with van der Waals surface area (Å²) in [6, 6.07) is 12.7. The quantitative estimate of drug-likeness (QED) is 0.603. The Labute approximate surface area is 122 Å². The predicted molar refractivity (Wildman–Crippen MR) is 75.4 cm³/mol. The van der Waals surface area contributed by atoms with Crippen molar-refractivity contribution in [3.63, 3.8) is 0 Å². The van der Waals surface area contributed by atoms with E-state index in [2.05, 4.69) is 0 Å². The summed E-state index contributed by atoms with van der Waals surface area (Å²) in [6.07, 6.45) is 0.731. The molecule has 0 saturated carbocycles. The van der Waals surface area contributed by atoms with Crippen LogP contribution in [-0.4, -0.2) is 26.3 Å². The maximum atomic E-state index is 11.1. The molecule has 0 amide bonds. The zero-order chi connectivity index (χ0) is 14.5. The minimum absolute atomic E-state index is 0.161. The fourth-order valence-electron chi connectivity index (χ4n) is 1.98. The number of hydrogen-bond donors (Lipinski definition) is 0. The number of benzene rings is 2. The lowest BCUT2D eigenvalue weighted by Crippen LogP contribution is -2.09. The van der Waals surface area contributed by atoms with Gasteiger partial charge in [0.05, 0.1) is 5.56 Å². The molecule has 21 heavy (non-hydrogen) atoms. The molecule has 108 valence electrons. The van der Waals surface area contributed by atoms with E-state index in [1.807, 2.05) is 30.3 Å². The van der Waals surface area contributed by atoms with Gasteiger partial charge in [-0.3, -0.25) is 4.79 Å². The van der Waals surface area contributed by atoms with E-state index in [9.17, 15) is 4.79 Å². The minimum Gasteiger partial charge on any atom is -0.490 e. The van der Waals surface area contributed by atoms with Crippen molar-refractivity contribution in [2.75, 3.05) is 20.0 Å². The largest absolute Gasteiger partial charge is 0.490 e. The molecule has 2 aromatic rings. The van der Waals surface area contributed by atoms with E-state index < -0.39 is 0 Å². The first-order valence-corrected chi connectivity index (χ1v) is 6.56. The molecule has 1 aliphatic rings. The van der Waals surface area contributed by atoms with E-state index in [1.54, 1.807) is 12.1 Å². The van der Waals surface area contributed by atoms with E-state index in [4.69, 9.17) is 18.9 Å². The van der Waals surface area contributed by atoms with Gasteiger partial charge >= 0.3 is 0 Å². The van der Waals surface area contributed by atoms with Gasteiger partial charge < -0.3 is 18.9 Å². The Bertz CT molecular complexity index is 624. The lowest BCUT2D eigenvalue weighted by Gasteiger charge is -2.10. The Morgan fingerprint density at radius 2 is 1.71 bits per heavy atom. The normalized spacial score (nSPS) is 12.0. The predicted octanol–water partition coefficient (Wildman–Crippen LogP) is 2.69. The van der Waals surface area contributed by atoms with Crippen LogP contribution in [0.2, 0.25) is 0 Å². The second-order valence-electron chi connectivity index (χ2n) is 4.37. The maximum absolute atomic E-state index is 11.1. The van der Waals surface area contributed by atoms with Crippen LogP contribution >= 0.6 is 0 Å². The highest BCUT2D eigenvalue weighted by Crippen LogP contribution is 2.37. The number of para-hydroxylation sites is 1. The molecule has 1 heterocycles. The van der Waals surface area contributed by atoms with Gasteiger partial charge in [-0.25, -0.2) is 0 Å². The van der Waals surface area contributed by atoms with Crippen molar-refractivity contribution in [2.24, 2.45) is 0 Å². The van der Waals surface area contributed by atoms with Crippen molar-refractivity contribution in [1.29, 1.82) is 0 Å². The van der Waals surface area contributed by atoms with Gasteiger partial charge in [-0.05, 0) is 18.2 Å². The summed E-state index contributed by atoms with van der Waals surface area (Å²) in [5.74, 6) is 2.39.